The molecule has 31 heavy (non-hydrogen) atoms. The van der Waals surface area contributed by atoms with Gasteiger partial charge in [0.15, 0.2) is 0 Å². The van der Waals surface area contributed by atoms with E-state index in [1.165, 1.54) is 6.33 Å². The first-order chi connectivity index (χ1) is 15.2. The molecule has 0 bridgehead atoms. The summed E-state index contributed by atoms with van der Waals surface area (Å²) >= 11 is 0. The summed E-state index contributed by atoms with van der Waals surface area (Å²) in [6, 6.07) is 8.09. The van der Waals surface area contributed by atoms with Crippen molar-refractivity contribution < 1.29 is 0 Å². The minimum absolute atomic E-state index is 0.524. The standard InChI is InChI=1S/C22H21N9/c23-22(5-8-31(9-6-22)20-16-4-7-26-19(16)27-13-28-20)21-29-17-3-1-2-15(18(17)30-21)14-10-24-12-25-11-14/h1-4,7,10-13H,5-6,8-9,23H2,(H,29,30)(H,26,27,28). The van der Waals surface area contributed by atoms with Crippen LogP contribution in [0.3, 0.4) is 0 Å². The van der Waals surface area contributed by atoms with Gasteiger partial charge in [-0.25, -0.2) is 24.9 Å². The van der Waals surface area contributed by atoms with Crippen LogP contribution in [0.25, 0.3) is 33.2 Å². The third-order valence-electron chi connectivity index (χ3n) is 6.14. The van der Waals surface area contributed by atoms with Gasteiger partial charge in [-0.2, -0.15) is 0 Å². The predicted molar refractivity (Wildman–Crippen MR) is 118 cm³/mol. The third kappa shape index (κ3) is 2.93. The highest BCUT2D eigenvalue weighted by atomic mass is 15.2. The monoisotopic (exact) mass is 411 g/mol. The Bertz CT molecular complexity index is 1360. The number of benzene rings is 1. The van der Waals surface area contributed by atoms with Gasteiger partial charge in [0, 0.05) is 42.8 Å². The number of para-hydroxylation sites is 1. The van der Waals surface area contributed by atoms with E-state index in [-0.39, 0.29) is 0 Å². The number of hydrogen-bond donors (Lipinski definition) is 3. The molecule has 1 aliphatic rings. The van der Waals surface area contributed by atoms with Crippen molar-refractivity contribution in [3.63, 3.8) is 0 Å². The molecule has 0 aliphatic carbocycles. The molecule has 1 saturated heterocycles. The van der Waals surface area contributed by atoms with Crippen molar-refractivity contribution in [2.75, 3.05) is 18.0 Å². The van der Waals surface area contributed by atoms with Gasteiger partial charge in [-0.15, -0.1) is 0 Å². The zero-order valence-electron chi connectivity index (χ0n) is 16.8. The van der Waals surface area contributed by atoms with Gasteiger partial charge < -0.3 is 20.6 Å². The highest BCUT2D eigenvalue weighted by molar-refractivity contribution is 5.91. The smallest absolute Gasteiger partial charge is 0.142 e. The maximum Gasteiger partial charge on any atom is 0.142 e. The van der Waals surface area contributed by atoms with Crippen molar-refractivity contribution in [2.45, 2.75) is 18.4 Å². The topological polar surface area (TPSA) is 125 Å². The maximum atomic E-state index is 6.88. The van der Waals surface area contributed by atoms with Crippen LogP contribution in [0.5, 0.6) is 0 Å². The second kappa shape index (κ2) is 6.85. The number of anilines is 1. The van der Waals surface area contributed by atoms with E-state index in [0.29, 0.717) is 0 Å². The number of imidazole rings is 1. The fraction of sp³-hybridized carbons (Fsp3) is 0.227. The van der Waals surface area contributed by atoms with E-state index in [2.05, 4.69) is 34.8 Å². The van der Waals surface area contributed by atoms with E-state index in [1.54, 1.807) is 18.7 Å². The molecular formula is C22H21N9. The van der Waals surface area contributed by atoms with Gasteiger partial charge in [0.25, 0.3) is 0 Å². The van der Waals surface area contributed by atoms with E-state index >= 15 is 0 Å². The summed E-state index contributed by atoms with van der Waals surface area (Å²) in [7, 11) is 0. The van der Waals surface area contributed by atoms with Crippen LogP contribution in [0.4, 0.5) is 5.82 Å². The Labute approximate surface area is 177 Å². The van der Waals surface area contributed by atoms with E-state index in [0.717, 1.165) is 70.8 Å². The van der Waals surface area contributed by atoms with Crippen LogP contribution >= 0.6 is 0 Å². The van der Waals surface area contributed by atoms with Crippen LogP contribution in [0.1, 0.15) is 18.7 Å². The highest BCUT2D eigenvalue weighted by Crippen LogP contribution is 2.35. The normalized spacial score (nSPS) is 16.2. The molecule has 1 aromatic carbocycles. The molecule has 0 amide bonds. The van der Waals surface area contributed by atoms with Gasteiger partial charge in [-0.05, 0) is 25.0 Å². The Kier molecular flexibility index (Phi) is 3.97. The number of piperidine rings is 1. The summed E-state index contributed by atoms with van der Waals surface area (Å²) in [5, 5.41) is 1.03. The molecule has 0 unspecified atom stereocenters. The molecular weight excluding hydrogens is 390 g/mol. The van der Waals surface area contributed by atoms with Gasteiger partial charge >= 0.3 is 0 Å². The summed E-state index contributed by atoms with van der Waals surface area (Å²) in [5.74, 6) is 1.77. The Hall–Kier alpha value is -3.85. The van der Waals surface area contributed by atoms with Crippen LogP contribution in [0.15, 0.2) is 55.5 Å². The zero-order valence-corrected chi connectivity index (χ0v) is 16.8. The third-order valence-corrected chi connectivity index (χ3v) is 6.14. The number of aromatic amines is 2. The number of hydrogen-bond acceptors (Lipinski definition) is 7. The van der Waals surface area contributed by atoms with Crippen molar-refractivity contribution in [3.05, 3.63) is 61.3 Å². The Morgan fingerprint density at radius 1 is 1.00 bits per heavy atom. The first-order valence-corrected chi connectivity index (χ1v) is 10.3. The van der Waals surface area contributed by atoms with Crippen LogP contribution < -0.4 is 10.6 Å². The van der Waals surface area contributed by atoms with E-state index < -0.39 is 5.54 Å². The molecule has 0 spiro atoms. The van der Waals surface area contributed by atoms with Crippen molar-refractivity contribution in [1.29, 1.82) is 0 Å². The van der Waals surface area contributed by atoms with E-state index in [4.69, 9.17) is 10.7 Å². The lowest BCUT2D eigenvalue weighted by Gasteiger charge is -2.38. The Balaban J connectivity index is 1.31. The van der Waals surface area contributed by atoms with Crippen LogP contribution in [0, 0.1) is 0 Å². The quantitative estimate of drug-likeness (QED) is 0.417. The maximum absolute atomic E-state index is 6.88. The molecule has 4 N–H and O–H groups in total. The van der Waals surface area contributed by atoms with Gasteiger partial charge in [0.2, 0.25) is 0 Å². The second-order valence-electron chi connectivity index (χ2n) is 7.99. The second-order valence-corrected chi connectivity index (χ2v) is 7.99. The molecule has 1 aliphatic heterocycles. The minimum atomic E-state index is -0.524. The van der Waals surface area contributed by atoms with Gasteiger partial charge in [-0.3, -0.25) is 0 Å². The average molecular weight is 411 g/mol. The summed E-state index contributed by atoms with van der Waals surface area (Å²) in [5.41, 5.74) is 11.0. The largest absolute Gasteiger partial charge is 0.356 e. The minimum Gasteiger partial charge on any atom is -0.356 e. The highest BCUT2D eigenvalue weighted by Gasteiger charge is 2.36. The lowest BCUT2D eigenvalue weighted by atomic mass is 9.88. The molecule has 0 saturated carbocycles. The predicted octanol–water partition coefficient (Wildman–Crippen LogP) is 2.75. The first-order valence-electron chi connectivity index (χ1n) is 10.3. The fourth-order valence-corrected chi connectivity index (χ4v) is 4.40. The molecule has 9 heteroatoms. The summed E-state index contributed by atoms with van der Waals surface area (Å²) in [6.45, 7) is 1.59. The molecule has 154 valence electrons. The number of aromatic nitrogens is 7. The van der Waals surface area contributed by atoms with Crippen molar-refractivity contribution >= 4 is 27.9 Å². The Morgan fingerprint density at radius 3 is 2.68 bits per heavy atom. The Morgan fingerprint density at radius 2 is 1.84 bits per heavy atom. The lowest BCUT2D eigenvalue weighted by Crippen LogP contribution is -2.49. The molecule has 0 radical (unpaired) electrons. The van der Waals surface area contributed by atoms with E-state index in [1.807, 2.05) is 30.5 Å². The number of fused-ring (bicyclic) bond motifs is 2. The summed E-state index contributed by atoms with van der Waals surface area (Å²) in [4.78, 5) is 30.9. The number of H-pyrrole nitrogens is 2. The average Bonchev–Trinajstić information content (AvgIpc) is 3.47. The van der Waals surface area contributed by atoms with Crippen LogP contribution in [-0.4, -0.2) is 48.0 Å². The van der Waals surface area contributed by atoms with Gasteiger partial charge in [-0.1, -0.05) is 12.1 Å². The SMILES string of the molecule is NC1(c2nc3c(-c4cncnc4)cccc3[nH]2)CCN(c2ncnc3[nH]ccc23)CC1. The fourth-order valence-electron chi connectivity index (χ4n) is 4.40. The van der Waals surface area contributed by atoms with E-state index in [9.17, 15) is 0 Å². The number of rotatable bonds is 3. The molecule has 4 aromatic heterocycles. The molecule has 9 nitrogen and oxygen atoms in total. The first kappa shape index (κ1) is 18.0. The number of nitrogens with zero attached hydrogens (tertiary/aromatic N) is 6. The van der Waals surface area contributed by atoms with Crippen molar-refractivity contribution in [3.8, 4) is 11.1 Å². The van der Waals surface area contributed by atoms with Crippen molar-refractivity contribution in [1.82, 2.24) is 34.9 Å². The zero-order chi connectivity index (χ0) is 20.8. The molecule has 0 atom stereocenters. The lowest BCUT2D eigenvalue weighted by molar-refractivity contribution is 0.327. The molecule has 6 rings (SSSR count). The van der Waals surface area contributed by atoms with Gasteiger partial charge in [0.05, 0.1) is 22.0 Å². The molecule has 5 aromatic rings. The van der Waals surface area contributed by atoms with Crippen molar-refractivity contribution in [2.24, 2.45) is 5.73 Å². The van der Waals surface area contributed by atoms with Crippen LogP contribution in [-0.2, 0) is 5.54 Å². The van der Waals surface area contributed by atoms with Gasteiger partial charge in [0.1, 0.15) is 29.9 Å². The number of nitrogens with one attached hydrogen (secondary N) is 2. The van der Waals surface area contributed by atoms with Crippen LogP contribution in [0.2, 0.25) is 0 Å². The number of nitrogens with two attached hydrogens (primary N) is 1. The molecule has 5 heterocycles. The summed E-state index contributed by atoms with van der Waals surface area (Å²) < 4.78 is 0. The summed E-state index contributed by atoms with van der Waals surface area (Å²) in [6.07, 6.45) is 10.2. The molecule has 1 fully saturated rings.